The Hall–Kier alpha value is -2.15. The number of rotatable bonds is 5. The van der Waals surface area contributed by atoms with Crippen molar-refractivity contribution in [2.75, 3.05) is 0 Å². The van der Waals surface area contributed by atoms with E-state index in [4.69, 9.17) is 0 Å². The largest absolute Gasteiger partial charge is 0.331 e. The molecule has 2 heterocycles. The Morgan fingerprint density at radius 3 is 2.82 bits per heavy atom. The number of aldehydes is 1. The molecule has 2 aromatic heterocycles. The van der Waals surface area contributed by atoms with Crippen molar-refractivity contribution in [1.29, 1.82) is 0 Å². The van der Waals surface area contributed by atoms with Crippen LogP contribution in [0.2, 0.25) is 0 Å². The number of carbonyl (C=O) groups excluding carboxylic acids is 3. The van der Waals surface area contributed by atoms with Crippen molar-refractivity contribution in [3.8, 4) is 0 Å². The lowest BCUT2D eigenvalue weighted by Crippen LogP contribution is -2.46. The molecule has 1 fully saturated rings. The highest BCUT2D eigenvalue weighted by Crippen LogP contribution is 2.49. The molecule has 0 amide bonds. The Bertz CT molecular complexity index is 750. The molecule has 0 radical (unpaired) electrons. The molecule has 3 rings (SSSR count). The van der Waals surface area contributed by atoms with Gasteiger partial charge in [-0.1, -0.05) is 6.92 Å². The molecule has 0 spiro atoms. The van der Waals surface area contributed by atoms with Gasteiger partial charge in [0.2, 0.25) is 0 Å². The maximum atomic E-state index is 12.5. The topological polar surface area (TPSA) is 81.9 Å². The third kappa shape index (κ3) is 2.12. The molecule has 2 aromatic rings. The van der Waals surface area contributed by atoms with E-state index >= 15 is 0 Å². The van der Waals surface area contributed by atoms with Crippen molar-refractivity contribution in [2.24, 2.45) is 13.0 Å². The average Bonchev–Trinajstić information content (AvgIpc) is 3.14. The van der Waals surface area contributed by atoms with E-state index in [9.17, 15) is 14.4 Å². The molecule has 1 saturated carbocycles. The fraction of sp³-hybridized carbons (Fsp3) is 0.400. The van der Waals surface area contributed by atoms with Gasteiger partial charge in [0.15, 0.2) is 17.9 Å². The number of carbonyl (C=O) groups is 3. The lowest BCUT2D eigenvalue weighted by molar-refractivity contribution is -0.104. The van der Waals surface area contributed by atoms with Crippen molar-refractivity contribution in [3.05, 3.63) is 34.3 Å². The number of aromatic nitrogens is 3. The average molecular weight is 317 g/mol. The molecular weight excluding hydrogens is 302 g/mol. The summed E-state index contributed by atoms with van der Waals surface area (Å²) in [7, 11) is 1.67. The molecule has 0 N–H and O–H groups in total. The molecule has 2 atom stereocenters. The second-order valence-electron chi connectivity index (χ2n) is 5.79. The van der Waals surface area contributed by atoms with E-state index in [1.54, 1.807) is 28.7 Å². The quantitative estimate of drug-likeness (QED) is 0.477. The Morgan fingerprint density at radius 1 is 1.50 bits per heavy atom. The van der Waals surface area contributed by atoms with Crippen LogP contribution < -0.4 is 0 Å². The van der Waals surface area contributed by atoms with Gasteiger partial charge < -0.3 is 4.57 Å². The van der Waals surface area contributed by atoms with Crippen LogP contribution in [0.15, 0.2) is 17.1 Å². The lowest BCUT2D eigenvalue weighted by Gasteiger charge is -2.44. The zero-order chi connectivity index (χ0) is 15.9. The summed E-state index contributed by atoms with van der Waals surface area (Å²) in [6, 6.07) is 0. The van der Waals surface area contributed by atoms with Gasteiger partial charge in [0, 0.05) is 30.0 Å². The van der Waals surface area contributed by atoms with E-state index in [1.165, 1.54) is 11.3 Å². The molecule has 0 aromatic carbocycles. The summed E-state index contributed by atoms with van der Waals surface area (Å²) in [6.07, 6.45) is 3.59. The van der Waals surface area contributed by atoms with Gasteiger partial charge in [0.05, 0.1) is 11.2 Å². The summed E-state index contributed by atoms with van der Waals surface area (Å²) in [6.45, 7) is 1.98. The van der Waals surface area contributed by atoms with Gasteiger partial charge >= 0.3 is 0 Å². The molecule has 1 unspecified atom stereocenters. The van der Waals surface area contributed by atoms with E-state index < -0.39 is 11.2 Å². The molecule has 7 heteroatoms. The number of ketones is 2. The molecule has 0 saturated heterocycles. The highest BCUT2D eigenvalue weighted by atomic mass is 32.1. The monoisotopic (exact) mass is 317 g/mol. The Balaban J connectivity index is 1.92. The standard InChI is InChI=1S/C15H15N3O3S/c1-15(12-5-18(2)14(17-12)11(20)6-19)4-3-9(15)13(21)10-7-22-8-16-10/h5-9H,3-4H2,1-2H3/t9?,15-/m0/s1. The first kappa shape index (κ1) is 14.8. The zero-order valence-electron chi connectivity index (χ0n) is 12.3. The molecular formula is C15H15N3O3S. The van der Waals surface area contributed by atoms with Gasteiger partial charge in [-0.2, -0.15) is 0 Å². The molecule has 0 bridgehead atoms. The summed E-state index contributed by atoms with van der Waals surface area (Å²) >= 11 is 1.39. The third-order valence-corrected chi connectivity index (χ3v) is 5.10. The molecule has 6 nitrogen and oxygen atoms in total. The Kier molecular flexibility index (Phi) is 3.52. The van der Waals surface area contributed by atoms with E-state index in [-0.39, 0.29) is 23.8 Å². The zero-order valence-corrected chi connectivity index (χ0v) is 13.1. The van der Waals surface area contributed by atoms with Gasteiger partial charge in [-0.15, -0.1) is 11.3 Å². The van der Waals surface area contributed by atoms with Gasteiger partial charge in [-0.25, -0.2) is 9.97 Å². The second kappa shape index (κ2) is 5.24. The van der Waals surface area contributed by atoms with Crippen molar-refractivity contribution in [3.63, 3.8) is 0 Å². The third-order valence-electron chi connectivity index (χ3n) is 4.51. The minimum Gasteiger partial charge on any atom is -0.331 e. The van der Waals surface area contributed by atoms with Crippen molar-refractivity contribution in [1.82, 2.24) is 14.5 Å². The molecule has 0 aliphatic heterocycles. The smallest absolute Gasteiger partial charge is 0.260 e. The molecule has 22 heavy (non-hydrogen) atoms. The van der Waals surface area contributed by atoms with E-state index in [1.807, 2.05) is 6.92 Å². The van der Waals surface area contributed by atoms with Crippen LogP contribution in [-0.2, 0) is 17.3 Å². The lowest BCUT2D eigenvalue weighted by atomic mass is 9.58. The number of imidazole rings is 1. The van der Waals surface area contributed by atoms with Crippen molar-refractivity contribution in [2.45, 2.75) is 25.2 Å². The Labute approximate surface area is 131 Å². The fourth-order valence-electron chi connectivity index (χ4n) is 2.98. The number of nitrogens with zero attached hydrogens (tertiary/aromatic N) is 3. The Morgan fingerprint density at radius 2 is 2.27 bits per heavy atom. The van der Waals surface area contributed by atoms with Gasteiger partial charge in [0.25, 0.3) is 5.78 Å². The molecule has 1 aliphatic carbocycles. The van der Waals surface area contributed by atoms with Crippen LogP contribution in [0.25, 0.3) is 0 Å². The van der Waals surface area contributed by atoms with Crippen LogP contribution in [0.1, 0.15) is 46.6 Å². The van der Waals surface area contributed by atoms with Gasteiger partial charge in [0.1, 0.15) is 5.69 Å². The first-order valence-corrected chi connectivity index (χ1v) is 7.87. The fourth-order valence-corrected chi connectivity index (χ4v) is 3.53. The minimum absolute atomic E-state index is 0.0175. The van der Waals surface area contributed by atoms with E-state index in [0.717, 1.165) is 12.8 Å². The highest BCUT2D eigenvalue weighted by molar-refractivity contribution is 7.07. The predicted octanol–water partition coefficient (Wildman–Crippen LogP) is 1.81. The van der Waals surface area contributed by atoms with Crippen LogP contribution in [-0.4, -0.2) is 32.4 Å². The van der Waals surface area contributed by atoms with E-state index in [0.29, 0.717) is 11.4 Å². The number of thiazole rings is 1. The SMILES string of the molecule is Cn1cc([C@@]2(C)CCC2C(=O)c2cscn2)nc1C(=O)C=O. The van der Waals surface area contributed by atoms with Crippen LogP contribution in [0.3, 0.4) is 0 Å². The van der Waals surface area contributed by atoms with Crippen molar-refractivity contribution < 1.29 is 14.4 Å². The number of hydrogen-bond donors (Lipinski definition) is 0. The van der Waals surface area contributed by atoms with Gasteiger partial charge in [-0.05, 0) is 12.8 Å². The normalized spacial score (nSPS) is 23.8. The molecule has 114 valence electrons. The highest BCUT2D eigenvalue weighted by Gasteiger charge is 2.50. The maximum absolute atomic E-state index is 12.5. The summed E-state index contributed by atoms with van der Waals surface area (Å²) in [5.41, 5.74) is 2.39. The number of hydrogen-bond acceptors (Lipinski definition) is 6. The first-order chi connectivity index (χ1) is 10.5. The van der Waals surface area contributed by atoms with Crippen LogP contribution in [0, 0.1) is 5.92 Å². The summed E-state index contributed by atoms with van der Waals surface area (Å²) in [5, 5.41) is 1.75. The second-order valence-corrected chi connectivity index (χ2v) is 6.51. The predicted molar refractivity (Wildman–Crippen MR) is 80.1 cm³/mol. The van der Waals surface area contributed by atoms with E-state index in [2.05, 4.69) is 9.97 Å². The number of Topliss-reactive ketones (excluding diaryl/α,β-unsaturated/α-hetero) is 2. The minimum atomic E-state index is -0.654. The maximum Gasteiger partial charge on any atom is 0.260 e. The first-order valence-electron chi connectivity index (χ1n) is 6.93. The summed E-state index contributed by atoms with van der Waals surface area (Å²) in [5.74, 6) is -0.718. The molecule has 1 aliphatic rings. The van der Waals surface area contributed by atoms with Crippen LogP contribution in [0.4, 0.5) is 0 Å². The van der Waals surface area contributed by atoms with Crippen molar-refractivity contribution >= 4 is 29.2 Å². The summed E-state index contributed by atoms with van der Waals surface area (Å²) in [4.78, 5) is 43.2. The van der Waals surface area contributed by atoms with Crippen LogP contribution >= 0.6 is 11.3 Å². The summed E-state index contributed by atoms with van der Waals surface area (Å²) < 4.78 is 1.54. The van der Waals surface area contributed by atoms with Gasteiger partial charge in [-0.3, -0.25) is 14.4 Å². The number of aryl methyl sites for hydroxylation is 1. The van der Waals surface area contributed by atoms with Crippen LogP contribution in [0.5, 0.6) is 0 Å².